The second kappa shape index (κ2) is 6.92. The molecule has 2 aromatic heterocycles. The molecule has 1 N–H and O–H groups in total. The van der Waals surface area contributed by atoms with Crippen LogP contribution in [0.1, 0.15) is 12.2 Å². The number of aryl methyl sites for hydroxylation is 1. The molecule has 0 bridgehead atoms. The van der Waals surface area contributed by atoms with Crippen molar-refractivity contribution in [1.29, 1.82) is 0 Å². The monoisotopic (exact) mass is 386 g/mol. The minimum Gasteiger partial charge on any atom is -0.333 e. The van der Waals surface area contributed by atoms with E-state index in [1.54, 1.807) is 13.0 Å². The van der Waals surface area contributed by atoms with Crippen LogP contribution in [-0.2, 0) is 9.59 Å². The minimum absolute atomic E-state index is 0.0995. The van der Waals surface area contributed by atoms with Crippen molar-refractivity contribution in [3.8, 4) is 10.8 Å². The van der Waals surface area contributed by atoms with Gasteiger partial charge in [0.15, 0.2) is 5.82 Å². The Morgan fingerprint density at radius 2 is 2.11 bits per heavy atom. The van der Waals surface area contributed by atoms with Crippen molar-refractivity contribution in [3.63, 3.8) is 0 Å². The summed E-state index contributed by atoms with van der Waals surface area (Å²) in [6, 6.07) is 7.40. The highest BCUT2D eigenvalue weighted by Gasteiger charge is 2.35. The number of amides is 2. The van der Waals surface area contributed by atoms with E-state index >= 15 is 0 Å². The first kappa shape index (κ1) is 17.3. The zero-order chi connectivity index (χ0) is 19.0. The van der Waals surface area contributed by atoms with Gasteiger partial charge in [-0.3, -0.25) is 9.59 Å². The van der Waals surface area contributed by atoms with Crippen LogP contribution in [0.5, 0.6) is 0 Å². The molecule has 0 radical (unpaired) electrons. The summed E-state index contributed by atoms with van der Waals surface area (Å²) in [6.07, 6.45) is 0.0995. The zero-order valence-electron chi connectivity index (χ0n) is 14.3. The number of hydrogen-bond acceptors (Lipinski definition) is 6. The molecule has 1 unspecified atom stereocenters. The Labute approximate surface area is 157 Å². The third-order valence-corrected chi connectivity index (χ3v) is 5.18. The second-order valence-electron chi connectivity index (χ2n) is 6.18. The van der Waals surface area contributed by atoms with Crippen LogP contribution in [0.3, 0.4) is 0 Å². The van der Waals surface area contributed by atoms with Gasteiger partial charge in [-0.1, -0.05) is 5.16 Å². The van der Waals surface area contributed by atoms with Crippen molar-refractivity contribution >= 4 is 34.5 Å². The molecule has 1 saturated heterocycles. The lowest BCUT2D eigenvalue weighted by atomic mass is 10.1. The molecule has 1 aliphatic rings. The maximum Gasteiger partial charge on any atom is 0.270 e. The van der Waals surface area contributed by atoms with Gasteiger partial charge in [0.05, 0.1) is 11.6 Å². The van der Waals surface area contributed by atoms with Gasteiger partial charge >= 0.3 is 0 Å². The molecule has 7 nitrogen and oxygen atoms in total. The maximum absolute atomic E-state index is 13.1. The van der Waals surface area contributed by atoms with Gasteiger partial charge in [-0.2, -0.15) is 4.98 Å². The lowest BCUT2D eigenvalue weighted by Crippen LogP contribution is -2.28. The lowest BCUT2D eigenvalue weighted by molar-refractivity contribution is -0.122. The number of aromatic nitrogens is 2. The number of hydrogen-bond donors (Lipinski definition) is 1. The Hall–Kier alpha value is -3.07. The third kappa shape index (κ3) is 3.45. The molecule has 1 aliphatic heterocycles. The van der Waals surface area contributed by atoms with Crippen LogP contribution in [0.25, 0.3) is 10.8 Å². The number of benzene rings is 1. The quantitative estimate of drug-likeness (QED) is 0.744. The van der Waals surface area contributed by atoms with Crippen LogP contribution in [0.4, 0.5) is 15.8 Å². The van der Waals surface area contributed by atoms with Crippen LogP contribution in [0.2, 0.25) is 0 Å². The molecular formula is C18H15FN4O3S. The van der Waals surface area contributed by atoms with Gasteiger partial charge in [-0.15, -0.1) is 11.3 Å². The highest BCUT2D eigenvalue weighted by molar-refractivity contribution is 7.14. The molecule has 9 heteroatoms. The summed E-state index contributed by atoms with van der Waals surface area (Å²) in [5, 5.41) is 8.42. The predicted octanol–water partition coefficient (Wildman–Crippen LogP) is 3.24. The number of nitrogens with one attached hydrogen (secondary N) is 1. The topological polar surface area (TPSA) is 88.3 Å². The van der Waals surface area contributed by atoms with Crippen LogP contribution >= 0.6 is 11.3 Å². The van der Waals surface area contributed by atoms with E-state index in [1.807, 2.05) is 5.38 Å². The molecule has 0 spiro atoms. The minimum atomic E-state index is -0.500. The number of rotatable bonds is 4. The number of thiophene rings is 1. The zero-order valence-corrected chi connectivity index (χ0v) is 15.1. The number of nitrogens with zero attached hydrogens (tertiary/aromatic N) is 3. The summed E-state index contributed by atoms with van der Waals surface area (Å²) in [5.74, 6) is -0.454. The molecule has 27 heavy (non-hydrogen) atoms. The Kier molecular flexibility index (Phi) is 4.44. The van der Waals surface area contributed by atoms with Gasteiger partial charge in [-0.25, -0.2) is 4.39 Å². The normalized spacial score (nSPS) is 16.7. The molecule has 3 heterocycles. The number of carbonyl (C=O) groups is 2. The second-order valence-corrected chi connectivity index (χ2v) is 7.10. The fourth-order valence-electron chi connectivity index (χ4n) is 2.95. The van der Waals surface area contributed by atoms with E-state index in [9.17, 15) is 14.0 Å². The first-order valence-electron chi connectivity index (χ1n) is 8.26. The van der Waals surface area contributed by atoms with Crippen molar-refractivity contribution in [1.82, 2.24) is 10.1 Å². The van der Waals surface area contributed by atoms with Gasteiger partial charge in [0, 0.05) is 18.7 Å². The Morgan fingerprint density at radius 3 is 2.81 bits per heavy atom. The molecule has 3 aromatic rings. The summed E-state index contributed by atoms with van der Waals surface area (Å²) >= 11 is 1.38. The van der Waals surface area contributed by atoms with E-state index in [2.05, 4.69) is 15.5 Å². The van der Waals surface area contributed by atoms with Crippen molar-refractivity contribution in [3.05, 3.63) is 47.4 Å². The van der Waals surface area contributed by atoms with Gasteiger partial charge in [0.25, 0.3) is 5.89 Å². The highest BCUT2D eigenvalue weighted by Crippen LogP contribution is 2.33. The average Bonchev–Trinajstić information content (AvgIpc) is 3.36. The summed E-state index contributed by atoms with van der Waals surface area (Å²) < 4.78 is 18.2. The maximum atomic E-state index is 13.1. The number of halogens is 1. The largest absolute Gasteiger partial charge is 0.333 e. The number of carbonyl (C=O) groups excluding carboxylic acids is 2. The Balaban J connectivity index is 1.48. The first-order chi connectivity index (χ1) is 13.0. The summed E-state index contributed by atoms with van der Waals surface area (Å²) in [4.78, 5) is 31.3. The van der Waals surface area contributed by atoms with E-state index in [1.165, 1.54) is 40.5 Å². The molecule has 1 aromatic carbocycles. The summed E-state index contributed by atoms with van der Waals surface area (Å²) in [6.45, 7) is 1.96. The molecule has 4 rings (SSSR count). The third-order valence-electron chi connectivity index (χ3n) is 4.28. The van der Waals surface area contributed by atoms with Crippen molar-refractivity contribution in [2.75, 3.05) is 16.8 Å². The van der Waals surface area contributed by atoms with Crippen molar-refractivity contribution < 1.29 is 18.5 Å². The van der Waals surface area contributed by atoms with Gasteiger partial charge in [-0.05, 0) is 42.6 Å². The van der Waals surface area contributed by atoms with E-state index < -0.39 is 5.92 Å². The van der Waals surface area contributed by atoms with Crippen molar-refractivity contribution in [2.45, 2.75) is 13.3 Å². The van der Waals surface area contributed by atoms with Gasteiger partial charge in [0.1, 0.15) is 10.7 Å². The standard InChI is InChI=1S/C18H15FN4O3S/c1-10-20-18(26-22-10)16-14(6-7-27-16)21-17(25)11-8-15(24)23(9-11)13-4-2-12(19)3-5-13/h2-7,11H,8-9H2,1H3,(H,21,25). The SMILES string of the molecule is Cc1noc(-c2sccc2NC(=O)C2CC(=O)N(c3ccc(F)cc3)C2)n1. The molecule has 1 atom stereocenters. The molecule has 0 aliphatic carbocycles. The first-order valence-corrected chi connectivity index (χ1v) is 9.14. The van der Waals surface area contributed by atoms with Crippen LogP contribution < -0.4 is 10.2 Å². The lowest BCUT2D eigenvalue weighted by Gasteiger charge is -2.16. The molecule has 0 saturated carbocycles. The van der Waals surface area contributed by atoms with Gasteiger partial charge < -0.3 is 14.7 Å². The van der Waals surface area contributed by atoms with Crippen LogP contribution in [0.15, 0.2) is 40.2 Å². The Bertz CT molecular complexity index is 998. The van der Waals surface area contributed by atoms with E-state index in [4.69, 9.17) is 4.52 Å². The number of anilines is 2. The van der Waals surface area contributed by atoms with Crippen molar-refractivity contribution in [2.24, 2.45) is 5.92 Å². The van der Waals surface area contributed by atoms with Gasteiger partial charge in [0.2, 0.25) is 11.8 Å². The molecule has 138 valence electrons. The molecular weight excluding hydrogens is 371 g/mol. The summed E-state index contributed by atoms with van der Waals surface area (Å²) in [7, 11) is 0. The van der Waals surface area contributed by atoms with E-state index in [0.717, 1.165) is 0 Å². The smallest absolute Gasteiger partial charge is 0.270 e. The fourth-order valence-corrected chi connectivity index (χ4v) is 3.72. The Morgan fingerprint density at radius 1 is 1.33 bits per heavy atom. The average molecular weight is 386 g/mol. The van der Waals surface area contributed by atoms with E-state index in [0.29, 0.717) is 28.0 Å². The fraction of sp³-hybridized carbons (Fsp3) is 0.222. The van der Waals surface area contributed by atoms with E-state index in [-0.39, 0.29) is 30.6 Å². The molecule has 1 fully saturated rings. The summed E-state index contributed by atoms with van der Waals surface area (Å²) in [5.41, 5.74) is 1.15. The van der Waals surface area contributed by atoms with Crippen LogP contribution in [0, 0.1) is 18.7 Å². The van der Waals surface area contributed by atoms with Crippen LogP contribution in [-0.4, -0.2) is 28.5 Å². The highest BCUT2D eigenvalue weighted by atomic mass is 32.1. The predicted molar refractivity (Wildman–Crippen MR) is 97.8 cm³/mol. The molecule has 2 amide bonds.